The van der Waals surface area contributed by atoms with Crippen molar-refractivity contribution in [3.05, 3.63) is 41.8 Å². The molecule has 0 spiro atoms. The van der Waals surface area contributed by atoms with Gasteiger partial charge < -0.3 is 16.2 Å². The predicted molar refractivity (Wildman–Crippen MR) is 71.8 cm³/mol. The fraction of sp³-hybridized carbons (Fsp3) is 0.429. The van der Waals surface area contributed by atoms with Crippen LogP contribution in [0.2, 0.25) is 0 Å². The van der Waals surface area contributed by atoms with Gasteiger partial charge in [-0.25, -0.2) is 0 Å². The smallest absolute Gasteiger partial charge is 0.249 e. The van der Waals surface area contributed by atoms with E-state index in [1.807, 2.05) is 12.1 Å². The first kappa shape index (κ1) is 14.7. The number of primary amides is 1. The summed E-state index contributed by atoms with van der Waals surface area (Å²) in [4.78, 5) is 11.2. The largest absolute Gasteiger partial charge is 0.376 e. The normalized spacial score (nSPS) is 10.5. The minimum absolute atomic E-state index is 0.409. The van der Waals surface area contributed by atoms with E-state index in [9.17, 15) is 4.79 Å². The number of rotatable bonds is 9. The van der Waals surface area contributed by atoms with Crippen LogP contribution in [0.15, 0.2) is 24.3 Å². The van der Waals surface area contributed by atoms with Crippen LogP contribution in [0.3, 0.4) is 0 Å². The van der Waals surface area contributed by atoms with Crippen LogP contribution < -0.4 is 11.5 Å². The maximum atomic E-state index is 11.2. The molecule has 4 nitrogen and oxygen atoms in total. The zero-order valence-corrected chi connectivity index (χ0v) is 10.6. The first-order valence-corrected chi connectivity index (χ1v) is 6.23. The van der Waals surface area contributed by atoms with Crippen molar-refractivity contribution in [2.24, 2.45) is 11.5 Å². The van der Waals surface area contributed by atoms with E-state index in [0.717, 1.165) is 31.4 Å². The lowest BCUT2D eigenvalue weighted by Gasteiger charge is -2.07. The number of carbonyl (C=O) groups is 1. The van der Waals surface area contributed by atoms with Gasteiger partial charge in [-0.2, -0.15) is 0 Å². The van der Waals surface area contributed by atoms with E-state index >= 15 is 0 Å². The third-order valence-corrected chi connectivity index (χ3v) is 2.64. The molecule has 0 saturated carbocycles. The molecule has 0 unspecified atom stereocenters. The van der Waals surface area contributed by atoms with Gasteiger partial charge in [-0.05, 0) is 37.4 Å². The van der Waals surface area contributed by atoms with Crippen molar-refractivity contribution in [2.75, 3.05) is 13.2 Å². The molecule has 0 aliphatic heterocycles. The van der Waals surface area contributed by atoms with Gasteiger partial charge in [0.15, 0.2) is 0 Å². The summed E-state index contributed by atoms with van der Waals surface area (Å²) in [6, 6.07) is 7.24. The van der Waals surface area contributed by atoms with Crippen molar-refractivity contribution in [3.8, 4) is 0 Å². The molecule has 1 aromatic carbocycles. The lowest BCUT2D eigenvalue weighted by Crippen LogP contribution is -2.14. The highest BCUT2D eigenvalue weighted by atomic mass is 16.5. The Kier molecular flexibility index (Phi) is 7.06. The first-order valence-electron chi connectivity index (χ1n) is 6.23. The number of nitrogens with two attached hydrogens (primary N) is 2. The second-order valence-corrected chi connectivity index (χ2v) is 4.11. The van der Waals surface area contributed by atoms with E-state index in [1.165, 1.54) is 0 Å². The summed E-state index contributed by atoms with van der Waals surface area (Å²) in [5, 5.41) is 0. The van der Waals surface area contributed by atoms with Crippen molar-refractivity contribution < 1.29 is 9.53 Å². The topological polar surface area (TPSA) is 78.3 Å². The Morgan fingerprint density at radius 2 is 2.06 bits per heavy atom. The van der Waals surface area contributed by atoms with Crippen LogP contribution in [-0.2, 0) is 11.3 Å². The van der Waals surface area contributed by atoms with E-state index in [0.29, 0.717) is 18.8 Å². The average Bonchev–Trinajstić information content (AvgIpc) is 2.38. The van der Waals surface area contributed by atoms with Crippen molar-refractivity contribution in [1.82, 2.24) is 0 Å². The zero-order chi connectivity index (χ0) is 13.2. The second-order valence-electron chi connectivity index (χ2n) is 4.11. The summed E-state index contributed by atoms with van der Waals surface area (Å²) in [6.07, 6.45) is 5.23. The monoisotopic (exact) mass is 249 g/mol. The molecule has 0 heterocycles. The maximum Gasteiger partial charge on any atom is 0.249 e. The maximum absolute atomic E-state index is 11.2. The molecule has 1 amide bonds. The molecule has 4 heteroatoms. The summed E-state index contributed by atoms with van der Waals surface area (Å²) in [7, 11) is 0. The highest BCUT2D eigenvalue weighted by molar-refractivity contribution is 5.94. The highest BCUT2D eigenvalue weighted by Gasteiger charge is 2.06. The Morgan fingerprint density at radius 1 is 1.28 bits per heavy atom. The molecule has 4 N–H and O–H groups in total. The quantitative estimate of drug-likeness (QED) is 0.653. The van der Waals surface area contributed by atoms with E-state index in [4.69, 9.17) is 16.2 Å². The molecule has 99 valence electrons. The summed E-state index contributed by atoms with van der Waals surface area (Å²) in [5.74, 6) is -0.416. The Labute approximate surface area is 108 Å². The standard InChI is InChI=1S/C14H21N2O2/c15-9-5-1-2-6-10-18-11-12-7-3-4-8-13(12)14(16)17/h3-4,6-8H,1-2,5,9-11,15H2,(H2,16,17). The van der Waals surface area contributed by atoms with Gasteiger partial charge in [0, 0.05) is 5.56 Å². The van der Waals surface area contributed by atoms with E-state index in [1.54, 1.807) is 12.1 Å². The minimum atomic E-state index is -0.416. The summed E-state index contributed by atoms with van der Waals surface area (Å²) in [5.41, 5.74) is 12.0. The molecule has 1 rings (SSSR count). The van der Waals surface area contributed by atoms with Crippen molar-refractivity contribution in [3.63, 3.8) is 0 Å². The molecule has 0 aliphatic rings. The van der Waals surface area contributed by atoms with Gasteiger partial charge in [0.25, 0.3) is 0 Å². The Hall–Kier alpha value is -1.39. The van der Waals surface area contributed by atoms with Crippen LogP contribution in [0, 0.1) is 6.42 Å². The molecular weight excluding hydrogens is 228 g/mol. The third-order valence-electron chi connectivity index (χ3n) is 2.64. The Morgan fingerprint density at radius 3 is 2.78 bits per heavy atom. The molecule has 1 radical (unpaired) electrons. The molecule has 0 fully saturated rings. The van der Waals surface area contributed by atoms with E-state index < -0.39 is 5.91 Å². The number of unbranched alkanes of at least 4 members (excludes halogenated alkanes) is 3. The molecule has 0 aliphatic carbocycles. The van der Waals surface area contributed by atoms with Crippen LogP contribution in [0.5, 0.6) is 0 Å². The number of benzene rings is 1. The Balaban J connectivity index is 2.25. The van der Waals surface area contributed by atoms with E-state index in [-0.39, 0.29) is 0 Å². The van der Waals surface area contributed by atoms with Gasteiger partial charge in [-0.15, -0.1) is 0 Å². The van der Waals surface area contributed by atoms with Gasteiger partial charge in [0.1, 0.15) is 0 Å². The third kappa shape index (κ3) is 5.29. The number of ether oxygens (including phenoxy) is 1. The van der Waals surface area contributed by atoms with Gasteiger partial charge >= 0.3 is 0 Å². The lowest BCUT2D eigenvalue weighted by atomic mass is 10.1. The van der Waals surface area contributed by atoms with Gasteiger partial charge in [0.2, 0.25) is 5.91 Å². The van der Waals surface area contributed by atoms with Gasteiger partial charge in [-0.1, -0.05) is 24.6 Å². The minimum Gasteiger partial charge on any atom is -0.376 e. The van der Waals surface area contributed by atoms with Crippen molar-refractivity contribution >= 4 is 5.91 Å². The van der Waals surface area contributed by atoms with Gasteiger partial charge in [0.05, 0.1) is 13.2 Å². The zero-order valence-electron chi connectivity index (χ0n) is 10.6. The fourth-order valence-corrected chi connectivity index (χ4v) is 1.66. The first-order chi connectivity index (χ1) is 8.75. The van der Waals surface area contributed by atoms with Crippen LogP contribution >= 0.6 is 0 Å². The molecule has 1 aromatic rings. The van der Waals surface area contributed by atoms with Gasteiger partial charge in [-0.3, -0.25) is 4.79 Å². The fourth-order valence-electron chi connectivity index (χ4n) is 1.66. The lowest BCUT2D eigenvalue weighted by molar-refractivity contribution is 0.0990. The van der Waals surface area contributed by atoms with Crippen LogP contribution in [0.1, 0.15) is 35.2 Å². The molecule has 0 bridgehead atoms. The number of hydrogen-bond acceptors (Lipinski definition) is 3. The Bertz CT molecular complexity index is 367. The number of amides is 1. The summed E-state index contributed by atoms with van der Waals surface area (Å²) >= 11 is 0. The number of hydrogen-bond donors (Lipinski definition) is 2. The number of carbonyl (C=O) groups excluding carboxylic acids is 1. The molecule has 18 heavy (non-hydrogen) atoms. The van der Waals surface area contributed by atoms with Crippen molar-refractivity contribution in [1.29, 1.82) is 0 Å². The molecular formula is C14H21N2O2. The average molecular weight is 249 g/mol. The highest BCUT2D eigenvalue weighted by Crippen LogP contribution is 2.09. The van der Waals surface area contributed by atoms with Crippen LogP contribution in [0.25, 0.3) is 0 Å². The second kappa shape index (κ2) is 8.66. The van der Waals surface area contributed by atoms with Crippen molar-refractivity contribution in [2.45, 2.75) is 25.9 Å². The predicted octanol–water partition coefficient (Wildman–Crippen LogP) is 1.64. The summed E-state index contributed by atoms with van der Waals surface area (Å²) < 4.78 is 5.50. The summed E-state index contributed by atoms with van der Waals surface area (Å²) in [6.45, 7) is 1.73. The SMILES string of the molecule is NCCCC[CH]COCc1ccccc1C(N)=O. The molecule has 0 aromatic heterocycles. The van der Waals surface area contributed by atoms with Crippen LogP contribution in [0.4, 0.5) is 0 Å². The molecule has 0 saturated heterocycles. The van der Waals surface area contributed by atoms with E-state index in [2.05, 4.69) is 6.42 Å². The molecule has 0 atom stereocenters. The van der Waals surface area contributed by atoms with Crippen LogP contribution in [-0.4, -0.2) is 19.1 Å².